The second-order valence-corrected chi connectivity index (χ2v) is 9.53. The fraction of sp³-hybridized carbons (Fsp3) is 0.444. The number of ketones is 1. The van der Waals surface area contributed by atoms with Crippen molar-refractivity contribution in [2.45, 2.75) is 59.2 Å². The molecule has 0 aromatic carbocycles. The van der Waals surface area contributed by atoms with Crippen molar-refractivity contribution in [3.63, 3.8) is 0 Å². The summed E-state index contributed by atoms with van der Waals surface area (Å²) in [6.45, 7) is 7.65. The minimum Gasteiger partial charge on any atom is -0.457 e. The van der Waals surface area contributed by atoms with E-state index in [1.165, 1.54) is 23.3 Å². The van der Waals surface area contributed by atoms with Crippen LogP contribution in [0.5, 0.6) is 0 Å². The van der Waals surface area contributed by atoms with Gasteiger partial charge in [0.1, 0.15) is 23.8 Å². The van der Waals surface area contributed by atoms with Crippen LogP contribution in [0.2, 0.25) is 0 Å². The average molecular weight is 512 g/mol. The minimum absolute atomic E-state index is 0.0327. The molecular weight excluding hydrogens is 478 g/mol. The van der Waals surface area contributed by atoms with Gasteiger partial charge in [0.25, 0.3) is 5.91 Å². The molecule has 2 aliphatic heterocycles. The lowest BCUT2D eigenvalue weighted by Gasteiger charge is -2.27. The normalized spacial score (nSPS) is 27.7. The molecule has 2 N–H and O–H groups in total. The molecule has 0 saturated heterocycles. The highest BCUT2D eigenvalue weighted by molar-refractivity contribution is 6.00. The number of aromatic nitrogens is 1. The number of carbonyl (C=O) groups excluding carboxylic acids is 4. The third-order valence-electron chi connectivity index (χ3n) is 5.99. The van der Waals surface area contributed by atoms with Crippen LogP contribution in [0.25, 0.3) is 0 Å². The van der Waals surface area contributed by atoms with Gasteiger partial charge in [-0.25, -0.2) is 9.78 Å². The van der Waals surface area contributed by atoms with Gasteiger partial charge in [0.2, 0.25) is 11.8 Å². The van der Waals surface area contributed by atoms with Gasteiger partial charge >= 0.3 is 5.97 Å². The van der Waals surface area contributed by atoms with Gasteiger partial charge in [0.15, 0.2) is 5.69 Å². The number of ether oxygens (including phenoxy) is 1. The van der Waals surface area contributed by atoms with Crippen LogP contribution in [-0.4, -0.2) is 57.3 Å². The Balaban J connectivity index is 1.89. The van der Waals surface area contributed by atoms with Crippen molar-refractivity contribution < 1.29 is 33.4 Å². The first kappa shape index (κ1) is 27.8. The SMILES string of the molecule is CC1=C/[C@@H](O)CC(=O)Cc2nc(co2)C(=O)N2CCC=C2C(=O)OC(C(C)C)C(C)/C=C\C(=O)N/C=C\1. The van der Waals surface area contributed by atoms with Crippen molar-refractivity contribution in [3.8, 4) is 0 Å². The Kier molecular flexibility index (Phi) is 9.35. The smallest absolute Gasteiger partial charge is 0.355 e. The highest BCUT2D eigenvalue weighted by atomic mass is 16.5. The summed E-state index contributed by atoms with van der Waals surface area (Å²) in [5, 5.41) is 12.8. The molecule has 198 valence electrons. The van der Waals surface area contributed by atoms with Crippen molar-refractivity contribution in [2.75, 3.05) is 6.54 Å². The molecule has 0 fully saturated rings. The topological polar surface area (TPSA) is 139 Å². The number of rotatable bonds is 1. The number of aliphatic hydroxyl groups is 1. The van der Waals surface area contributed by atoms with Crippen LogP contribution in [0.15, 0.2) is 58.5 Å². The Morgan fingerprint density at radius 2 is 1.95 bits per heavy atom. The van der Waals surface area contributed by atoms with Crippen LogP contribution in [-0.2, 0) is 25.5 Å². The van der Waals surface area contributed by atoms with Gasteiger partial charge in [0.05, 0.1) is 12.5 Å². The number of allylic oxidation sites excluding steroid dienone is 2. The molecule has 10 heteroatoms. The van der Waals surface area contributed by atoms with Crippen LogP contribution in [0.1, 0.15) is 56.9 Å². The van der Waals surface area contributed by atoms with Crippen molar-refractivity contribution >= 4 is 23.6 Å². The maximum Gasteiger partial charge on any atom is 0.355 e. The molecule has 0 radical (unpaired) electrons. The summed E-state index contributed by atoms with van der Waals surface area (Å²) in [7, 11) is 0. The highest BCUT2D eigenvalue weighted by Gasteiger charge is 2.33. The first-order chi connectivity index (χ1) is 17.5. The number of carbonyl (C=O) groups is 4. The molecule has 2 aliphatic rings. The molecule has 2 unspecified atom stereocenters. The third kappa shape index (κ3) is 7.60. The summed E-state index contributed by atoms with van der Waals surface area (Å²) < 4.78 is 11.1. The molecule has 2 bridgehead atoms. The largest absolute Gasteiger partial charge is 0.457 e. The number of aliphatic hydroxyl groups excluding tert-OH is 1. The average Bonchev–Trinajstić information content (AvgIpc) is 3.49. The maximum atomic E-state index is 13.1. The monoisotopic (exact) mass is 511 g/mol. The first-order valence-electron chi connectivity index (χ1n) is 12.3. The number of hydrogen-bond donors (Lipinski definition) is 2. The summed E-state index contributed by atoms with van der Waals surface area (Å²) in [4.78, 5) is 56.2. The molecule has 10 nitrogen and oxygen atoms in total. The van der Waals surface area contributed by atoms with Crippen molar-refractivity contribution in [3.05, 3.63) is 65.7 Å². The molecule has 1 aromatic heterocycles. The van der Waals surface area contributed by atoms with Gasteiger partial charge < -0.3 is 24.5 Å². The van der Waals surface area contributed by atoms with Gasteiger partial charge in [-0.1, -0.05) is 44.6 Å². The molecule has 0 spiro atoms. The van der Waals surface area contributed by atoms with E-state index in [9.17, 15) is 24.3 Å². The van der Waals surface area contributed by atoms with E-state index in [0.29, 0.717) is 12.0 Å². The van der Waals surface area contributed by atoms with E-state index in [4.69, 9.17) is 9.15 Å². The number of hydrogen-bond acceptors (Lipinski definition) is 8. The van der Waals surface area contributed by atoms with E-state index < -0.39 is 24.1 Å². The van der Waals surface area contributed by atoms with E-state index in [0.717, 1.165) is 6.26 Å². The van der Waals surface area contributed by atoms with Crippen molar-refractivity contribution in [1.29, 1.82) is 0 Å². The molecule has 0 aliphatic carbocycles. The molecule has 3 heterocycles. The van der Waals surface area contributed by atoms with E-state index in [-0.39, 0.29) is 60.2 Å². The van der Waals surface area contributed by atoms with Gasteiger partial charge in [0, 0.05) is 25.1 Å². The Morgan fingerprint density at radius 1 is 1.19 bits per heavy atom. The van der Waals surface area contributed by atoms with Crippen LogP contribution >= 0.6 is 0 Å². The van der Waals surface area contributed by atoms with Crippen molar-refractivity contribution in [2.24, 2.45) is 11.8 Å². The van der Waals surface area contributed by atoms with Gasteiger partial charge in [-0.15, -0.1) is 0 Å². The Hall–Kier alpha value is -3.79. The molecule has 1 aromatic rings. The van der Waals surface area contributed by atoms with Crippen molar-refractivity contribution in [1.82, 2.24) is 15.2 Å². The zero-order valence-electron chi connectivity index (χ0n) is 21.5. The summed E-state index contributed by atoms with van der Waals surface area (Å²) in [5.41, 5.74) is 0.725. The number of fused-ring (bicyclic) bond motifs is 3. The zero-order valence-corrected chi connectivity index (χ0v) is 21.5. The zero-order chi connectivity index (χ0) is 27.1. The van der Waals surface area contributed by atoms with Crippen LogP contribution in [0.3, 0.4) is 0 Å². The number of amides is 2. The van der Waals surface area contributed by atoms with E-state index >= 15 is 0 Å². The summed E-state index contributed by atoms with van der Waals surface area (Å²) in [6, 6.07) is 0. The lowest BCUT2D eigenvalue weighted by molar-refractivity contribution is -0.149. The quantitative estimate of drug-likeness (QED) is 0.549. The number of nitrogens with one attached hydrogen (secondary N) is 1. The van der Waals surface area contributed by atoms with Crippen LogP contribution in [0.4, 0.5) is 0 Å². The molecule has 37 heavy (non-hydrogen) atoms. The predicted octanol–water partition coefficient (Wildman–Crippen LogP) is 2.62. The van der Waals surface area contributed by atoms with Gasteiger partial charge in [-0.05, 0) is 31.4 Å². The van der Waals surface area contributed by atoms with Gasteiger partial charge in [-0.3, -0.25) is 14.4 Å². The maximum absolute atomic E-state index is 13.1. The molecule has 0 saturated carbocycles. The van der Waals surface area contributed by atoms with Crippen LogP contribution < -0.4 is 5.32 Å². The van der Waals surface area contributed by atoms with E-state index in [1.807, 2.05) is 20.8 Å². The Labute approximate surface area is 215 Å². The molecular formula is C27H33N3O7. The Morgan fingerprint density at radius 3 is 2.68 bits per heavy atom. The summed E-state index contributed by atoms with van der Waals surface area (Å²) in [5.74, 6) is -2.19. The number of cyclic esters (lactones) is 1. The van der Waals surface area contributed by atoms with E-state index in [1.54, 1.807) is 25.2 Å². The lowest BCUT2D eigenvalue weighted by Crippen LogP contribution is -2.36. The summed E-state index contributed by atoms with van der Waals surface area (Å²) in [6.07, 6.45) is 8.86. The van der Waals surface area contributed by atoms with Gasteiger partial charge in [-0.2, -0.15) is 0 Å². The highest BCUT2D eigenvalue weighted by Crippen LogP contribution is 2.24. The second kappa shape index (κ2) is 12.4. The van der Waals surface area contributed by atoms with E-state index in [2.05, 4.69) is 10.3 Å². The number of esters is 1. The minimum atomic E-state index is -1.04. The molecule has 3 atom stereocenters. The number of Topliss-reactive ketones (excluding diaryl/α,β-unsaturated/α-hetero) is 1. The molecule has 3 rings (SSSR count). The molecule has 2 amide bonds. The second-order valence-electron chi connectivity index (χ2n) is 9.53. The lowest BCUT2D eigenvalue weighted by atomic mass is 9.94. The number of oxazole rings is 1. The predicted molar refractivity (Wildman–Crippen MR) is 134 cm³/mol. The standard InChI is InChI=1S/C27H33N3O7/c1-16(2)25-18(4)7-8-23(33)28-10-9-17(3)12-19(31)13-20(32)14-24-29-21(15-36-24)26(34)30-11-5-6-22(30)27(35)37-25/h6-10,12,15-16,18-19,25,31H,5,11,13-14H2,1-4H3,(H,28,33)/b8-7-,10-9-,17-12-/t18?,19-,25?/m1/s1. The fourth-order valence-corrected chi connectivity index (χ4v) is 4.17. The first-order valence-corrected chi connectivity index (χ1v) is 12.3. The fourth-order valence-electron chi connectivity index (χ4n) is 4.17. The Bertz CT molecular complexity index is 1160. The third-order valence-corrected chi connectivity index (χ3v) is 5.99. The number of nitrogens with zero attached hydrogens (tertiary/aromatic N) is 2. The summed E-state index contributed by atoms with van der Waals surface area (Å²) >= 11 is 0. The van der Waals surface area contributed by atoms with Crippen LogP contribution in [0, 0.1) is 11.8 Å².